The van der Waals surface area contributed by atoms with E-state index in [0.29, 0.717) is 6.42 Å². The molecule has 0 aliphatic heterocycles. The summed E-state index contributed by atoms with van der Waals surface area (Å²) in [5.41, 5.74) is 10.6. The predicted octanol–water partition coefficient (Wildman–Crippen LogP) is -0.0251. The van der Waals surface area contributed by atoms with E-state index in [1.54, 1.807) is 6.92 Å². The first-order valence-corrected chi connectivity index (χ1v) is 6.81. The third kappa shape index (κ3) is 8.47. The average Bonchev–Trinajstić information content (AvgIpc) is 2.32. The first kappa shape index (κ1) is 18.4. The number of hydrogen-bond acceptors (Lipinski definition) is 4. The number of nitrogens with one attached hydrogen (secondary N) is 1. The fourth-order valence-electron chi connectivity index (χ4n) is 1.74. The highest BCUT2D eigenvalue weighted by atomic mass is 16.4. The Bertz CT molecular complexity index is 345. The number of nitrogens with two attached hydrogens (primary N) is 2. The van der Waals surface area contributed by atoms with Crippen molar-refractivity contribution < 1.29 is 19.5 Å². The first-order chi connectivity index (χ1) is 9.23. The van der Waals surface area contributed by atoms with Crippen LogP contribution in [0, 0.1) is 5.92 Å². The van der Waals surface area contributed by atoms with Crippen LogP contribution in [0.15, 0.2) is 0 Å². The molecule has 7 nitrogen and oxygen atoms in total. The van der Waals surface area contributed by atoms with Crippen molar-refractivity contribution in [3.05, 3.63) is 0 Å². The summed E-state index contributed by atoms with van der Waals surface area (Å²) < 4.78 is 0. The quantitative estimate of drug-likeness (QED) is 0.447. The van der Waals surface area contributed by atoms with Gasteiger partial charge in [0.25, 0.3) is 0 Å². The Balaban J connectivity index is 4.23. The van der Waals surface area contributed by atoms with E-state index in [-0.39, 0.29) is 30.7 Å². The summed E-state index contributed by atoms with van der Waals surface area (Å²) in [5, 5.41) is 11.4. The standard InChI is InChI=1S/C13H25N3O4/c1-8(4-3-5-9(2)14)12(18)16-10(13(19)20)6-7-11(15)17/h8-10H,3-7,14H2,1-2H3,(H2,15,17)(H,16,18)(H,19,20)/t8?,9?,10-/m1/s1. The SMILES string of the molecule is CC(N)CCCC(C)C(=O)N[C@H](CCC(N)=O)C(=O)O. The highest BCUT2D eigenvalue weighted by Crippen LogP contribution is 2.10. The second-order valence-corrected chi connectivity index (χ2v) is 5.21. The molecule has 3 atom stereocenters. The molecule has 0 bridgehead atoms. The van der Waals surface area contributed by atoms with Gasteiger partial charge in [-0.05, 0) is 26.2 Å². The van der Waals surface area contributed by atoms with E-state index >= 15 is 0 Å². The summed E-state index contributed by atoms with van der Waals surface area (Å²) in [4.78, 5) is 33.5. The van der Waals surface area contributed by atoms with Gasteiger partial charge in [-0.15, -0.1) is 0 Å². The topological polar surface area (TPSA) is 136 Å². The summed E-state index contributed by atoms with van der Waals surface area (Å²) in [6.07, 6.45) is 2.21. The summed E-state index contributed by atoms with van der Waals surface area (Å²) in [6.45, 7) is 3.64. The molecule has 0 aliphatic rings. The van der Waals surface area contributed by atoms with E-state index in [1.165, 1.54) is 0 Å². The van der Waals surface area contributed by atoms with E-state index in [1.807, 2.05) is 6.92 Å². The molecule has 0 saturated heterocycles. The van der Waals surface area contributed by atoms with Gasteiger partial charge in [0.1, 0.15) is 6.04 Å². The van der Waals surface area contributed by atoms with Crippen LogP contribution < -0.4 is 16.8 Å². The maximum absolute atomic E-state index is 11.9. The van der Waals surface area contributed by atoms with Crippen LogP contribution in [0.25, 0.3) is 0 Å². The molecule has 6 N–H and O–H groups in total. The normalized spacial score (nSPS) is 15.2. The molecule has 0 spiro atoms. The summed E-state index contributed by atoms with van der Waals surface area (Å²) >= 11 is 0. The lowest BCUT2D eigenvalue weighted by Crippen LogP contribution is -2.43. The number of aliphatic carboxylic acids is 1. The van der Waals surface area contributed by atoms with Crippen LogP contribution >= 0.6 is 0 Å². The third-order valence-corrected chi connectivity index (χ3v) is 3.04. The minimum absolute atomic E-state index is 0.00294. The molecular weight excluding hydrogens is 262 g/mol. The molecule has 0 aliphatic carbocycles. The first-order valence-electron chi connectivity index (χ1n) is 6.81. The summed E-state index contributed by atoms with van der Waals surface area (Å²) in [6, 6.07) is -0.988. The Hall–Kier alpha value is -1.63. The second-order valence-electron chi connectivity index (χ2n) is 5.21. The largest absolute Gasteiger partial charge is 0.480 e. The molecule has 0 rings (SSSR count). The number of carbonyl (C=O) groups excluding carboxylic acids is 2. The zero-order valence-corrected chi connectivity index (χ0v) is 12.1. The van der Waals surface area contributed by atoms with Gasteiger partial charge in [0.05, 0.1) is 0 Å². The van der Waals surface area contributed by atoms with E-state index in [9.17, 15) is 14.4 Å². The molecule has 116 valence electrons. The fourth-order valence-corrected chi connectivity index (χ4v) is 1.74. The lowest BCUT2D eigenvalue weighted by atomic mass is 10.0. The molecule has 0 saturated carbocycles. The van der Waals surface area contributed by atoms with Crippen LogP contribution in [0.1, 0.15) is 46.0 Å². The van der Waals surface area contributed by atoms with Crippen molar-refractivity contribution in [3.8, 4) is 0 Å². The molecule has 2 amide bonds. The van der Waals surface area contributed by atoms with Gasteiger partial charge in [0.15, 0.2) is 0 Å². The Morgan fingerprint density at radius 2 is 1.75 bits per heavy atom. The summed E-state index contributed by atoms with van der Waals surface area (Å²) in [5.74, 6) is -2.37. The van der Waals surface area contributed by atoms with Crippen LogP contribution in [-0.2, 0) is 14.4 Å². The van der Waals surface area contributed by atoms with E-state index < -0.39 is 17.9 Å². The van der Waals surface area contributed by atoms with Crippen molar-refractivity contribution in [3.63, 3.8) is 0 Å². The number of amides is 2. The van der Waals surface area contributed by atoms with Gasteiger partial charge in [-0.3, -0.25) is 9.59 Å². The third-order valence-electron chi connectivity index (χ3n) is 3.04. The minimum Gasteiger partial charge on any atom is -0.480 e. The molecule has 0 radical (unpaired) electrons. The molecule has 0 fully saturated rings. The van der Waals surface area contributed by atoms with E-state index in [4.69, 9.17) is 16.6 Å². The monoisotopic (exact) mass is 287 g/mol. The number of rotatable bonds is 10. The maximum Gasteiger partial charge on any atom is 0.326 e. The van der Waals surface area contributed by atoms with Gasteiger partial charge in [-0.1, -0.05) is 13.3 Å². The Kier molecular flexibility index (Phi) is 8.54. The molecule has 7 heteroatoms. The van der Waals surface area contributed by atoms with Gasteiger partial charge >= 0.3 is 5.97 Å². The molecule has 2 unspecified atom stereocenters. The number of carboxylic acids is 1. The van der Waals surface area contributed by atoms with Gasteiger partial charge in [0, 0.05) is 18.4 Å². The molecule has 0 aromatic carbocycles. The lowest BCUT2D eigenvalue weighted by molar-refractivity contribution is -0.142. The zero-order valence-electron chi connectivity index (χ0n) is 12.1. The Labute approximate surface area is 119 Å². The molecule has 0 aromatic heterocycles. The van der Waals surface area contributed by atoms with E-state index in [2.05, 4.69) is 5.32 Å². The highest BCUT2D eigenvalue weighted by molar-refractivity contribution is 5.85. The molecule has 20 heavy (non-hydrogen) atoms. The Morgan fingerprint density at radius 3 is 2.20 bits per heavy atom. The molecule has 0 heterocycles. The number of carboxylic acid groups (broad SMARTS) is 1. The number of hydrogen-bond donors (Lipinski definition) is 4. The average molecular weight is 287 g/mol. The number of carbonyl (C=O) groups is 3. The minimum atomic E-state index is -1.16. The van der Waals surface area contributed by atoms with Gasteiger partial charge in [-0.25, -0.2) is 4.79 Å². The van der Waals surface area contributed by atoms with Crippen LogP contribution in [0.3, 0.4) is 0 Å². The van der Waals surface area contributed by atoms with Gasteiger partial charge in [-0.2, -0.15) is 0 Å². The van der Waals surface area contributed by atoms with Crippen molar-refractivity contribution in [1.82, 2.24) is 5.32 Å². The van der Waals surface area contributed by atoms with Crippen LogP contribution in [0.5, 0.6) is 0 Å². The molecule has 0 aromatic rings. The summed E-state index contributed by atoms with van der Waals surface area (Å²) in [7, 11) is 0. The van der Waals surface area contributed by atoms with Crippen molar-refractivity contribution in [2.24, 2.45) is 17.4 Å². The number of primary amides is 1. The van der Waals surface area contributed by atoms with Crippen molar-refractivity contribution in [2.75, 3.05) is 0 Å². The van der Waals surface area contributed by atoms with Gasteiger partial charge in [0.2, 0.25) is 11.8 Å². The van der Waals surface area contributed by atoms with Crippen LogP contribution in [-0.4, -0.2) is 35.0 Å². The molecular formula is C13H25N3O4. The highest BCUT2D eigenvalue weighted by Gasteiger charge is 2.23. The van der Waals surface area contributed by atoms with E-state index in [0.717, 1.165) is 12.8 Å². The van der Waals surface area contributed by atoms with Crippen molar-refractivity contribution in [1.29, 1.82) is 0 Å². The smallest absolute Gasteiger partial charge is 0.326 e. The van der Waals surface area contributed by atoms with Crippen LogP contribution in [0.4, 0.5) is 0 Å². The predicted molar refractivity (Wildman–Crippen MR) is 74.7 cm³/mol. The maximum atomic E-state index is 11.9. The van der Waals surface area contributed by atoms with Crippen molar-refractivity contribution in [2.45, 2.75) is 58.0 Å². The fraction of sp³-hybridized carbons (Fsp3) is 0.769. The second kappa shape index (κ2) is 9.30. The van der Waals surface area contributed by atoms with Crippen LogP contribution in [0.2, 0.25) is 0 Å². The Morgan fingerprint density at radius 1 is 1.15 bits per heavy atom. The lowest BCUT2D eigenvalue weighted by Gasteiger charge is -2.17. The zero-order chi connectivity index (χ0) is 15.7. The van der Waals surface area contributed by atoms with Crippen molar-refractivity contribution >= 4 is 17.8 Å². The van der Waals surface area contributed by atoms with Gasteiger partial charge < -0.3 is 21.9 Å².